The molecule has 0 aliphatic carbocycles. The maximum atomic E-state index is 5.72. The molecule has 1 aromatic heterocycles. The fraction of sp³-hybridized carbons (Fsp3) is 0.727. The van der Waals surface area contributed by atoms with Gasteiger partial charge in [0, 0.05) is 45.1 Å². The molecule has 2 rings (SSSR count). The third-order valence-electron chi connectivity index (χ3n) is 3.60. The van der Waals surface area contributed by atoms with Gasteiger partial charge in [-0.1, -0.05) is 0 Å². The predicted molar refractivity (Wildman–Crippen MR) is 67.2 cm³/mol. The number of hydrogen-bond acceptors (Lipinski definition) is 5. The van der Waals surface area contributed by atoms with Crippen LogP contribution in [-0.4, -0.2) is 59.1 Å². The number of likely N-dealkylation sites (N-methyl/N-ethyl adjacent to an activating group) is 2. The summed E-state index contributed by atoms with van der Waals surface area (Å²) in [6, 6.07) is 0.405. The molecule has 0 amide bonds. The van der Waals surface area contributed by atoms with Gasteiger partial charge < -0.3 is 9.47 Å². The molecule has 0 bridgehead atoms. The SMILES string of the molecule is CN1CCN(C)C(C(NN)c2nccn2C)C1. The number of rotatable bonds is 3. The average Bonchev–Trinajstić information content (AvgIpc) is 2.71. The fourth-order valence-corrected chi connectivity index (χ4v) is 2.44. The normalized spacial score (nSPS) is 25.1. The summed E-state index contributed by atoms with van der Waals surface area (Å²) in [7, 11) is 6.29. The van der Waals surface area contributed by atoms with Crippen molar-refractivity contribution >= 4 is 0 Å². The van der Waals surface area contributed by atoms with Crippen LogP contribution in [0.4, 0.5) is 0 Å². The second kappa shape index (κ2) is 5.14. The van der Waals surface area contributed by atoms with Gasteiger partial charge in [0.25, 0.3) is 0 Å². The average molecular weight is 238 g/mol. The molecule has 1 saturated heterocycles. The van der Waals surface area contributed by atoms with Crippen molar-refractivity contribution in [3.05, 3.63) is 18.2 Å². The minimum Gasteiger partial charge on any atom is -0.337 e. The first-order valence-electron chi connectivity index (χ1n) is 5.95. The van der Waals surface area contributed by atoms with Crippen LogP contribution in [0.1, 0.15) is 11.9 Å². The Balaban J connectivity index is 2.20. The van der Waals surface area contributed by atoms with E-state index in [0.29, 0.717) is 6.04 Å². The van der Waals surface area contributed by atoms with Crippen LogP contribution in [0.25, 0.3) is 0 Å². The Morgan fingerprint density at radius 1 is 1.41 bits per heavy atom. The van der Waals surface area contributed by atoms with Crippen LogP contribution in [0.5, 0.6) is 0 Å². The van der Waals surface area contributed by atoms with Gasteiger partial charge in [0.05, 0.1) is 6.04 Å². The van der Waals surface area contributed by atoms with Gasteiger partial charge in [-0.25, -0.2) is 10.4 Å². The Hall–Kier alpha value is -0.950. The van der Waals surface area contributed by atoms with Gasteiger partial charge in [-0.3, -0.25) is 10.7 Å². The number of imidazole rings is 1. The molecule has 2 unspecified atom stereocenters. The van der Waals surface area contributed by atoms with Crippen molar-refractivity contribution < 1.29 is 0 Å². The minimum atomic E-state index is 0.0581. The van der Waals surface area contributed by atoms with Gasteiger partial charge in [0.15, 0.2) is 0 Å². The summed E-state index contributed by atoms with van der Waals surface area (Å²) >= 11 is 0. The number of nitrogens with zero attached hydrogens (tertiary/aromatic N) is 4. The van der Waals surface area contributed by atoms with Gasteiger partial charge in [-0.15, -0.1) is 0 Å². The highest BCUT2D eigenvalue weighted by molar-refractivity contribution is 5.04. The highest BCUT2D eigenvalue weighted by Crippen LogP contribution is 2.20. The third-order valence-corrected chi connectivity index (χ3v) is 3.60. The van der Waals surface area contributed by atoms with Crippen LogP contribution in [0, 0.1) is 0 Å². The first kappa shape index (κ1) is 12.5. The van der Waals surface area contributed by atoms with Crippen molar-refractivity contribution in [3.63, 3.8) is 0 Å². The van der Waals surface area contributed by atoms with E-state index in [4.69, 9.17) is 5.84 Å². The van der Waals surface area contributed by atoms with E-state index in [0.717, 1.165) is 25.5 Å². The number of aryl methyl sites for hydroxylation is 1. The molecular formula is C11H22N6. The summed E-state index contributed by atoms with van der Waals surface area (Å²) in [5.74, 6) is 6.71. The Kier molecular flexibility index (Phi) is 3.78. The van der Waals surface area contributed by atoms with Crippen LogP contribution in [0.15, 0.2) is 12.4 Å². The molecule has 1 aromatic rings. The lowest BCUT2D eigenvalue weighted by atomic mass is 10.0. The molecule has 6 heteroatoms. The van der Waals surface area contributed by atoms with E-state index in [-0.39, 0.29) is 6.04 Å². The Morgan fingerprint density at radius 3 is 2.76 bits per heavy atom. The van der Waals surface area contributed by atoms with Crippen LogP contribution in [0.3, 0.4) is 0 Å². The molecular weight excluding hydrogens is 216 g/mol. The molecule has 0 saturated carbocycles. The second-order valence-electron chi connectivity index (χ2n) is 4.85. The number of nitrogens with two attached hydrogens (primary N) is 1. The van der Waals surface area contributed by atoms with Crippen LogP contribution in [0.2, 0.25) is 0 Å². The van der Waals surface area contributed by atoms with Gasteiger partial charge in [0.1, 0.15) is 5.82 Å². The van der Waals surface area contributed by atoms with E-state index in [2.05, 4.69) is 34.3 Å². The van der Waals surface area contributed by atoms with Crippen LogP contribution < -0.4 is 11.3 Å². The topological polar surface area (TPSA) is 62.4 Å². The first-order valence-corrected chi connectivity index (χ1v) is 5.95. The van der Waals surface area contributed by atoms with Gasteiger partial charge in [-0.2, -0.15) is 0 Å². The maximum Gasteiger partial charge on any atom is 0.128 e. The van der Waals surface area contributed by atoms with Gasteiger partial charge in [0.2, 0.25) is 0 Å². The molecule has 0 aromatic carbocycles. The molecule has 0 spiro atoms. The molecule has 1 fully saturated rings. The summed E-state index contributed by atoms with van der Waals surface area (Å²) in [5, 5.41) is 0. The number of hydrogen-bond donors (Lipinski definition) is 2. The van der Waals surface area contributed by atoms with Crippen molar-refractivity contribution in [2.24, 2.45) is 12.9 Å². The number of nitrogens with one attached hydrogen (secondary N) is 1. The molecule has 0 radical (unpaired) electrons. The summed E-state index contributed by atoms with van der Waals surface area (Å²) in [4.78, 5) is 9.07. The second-order valence-corrected chi connectivity index (χ2v) is 4.85. The predicted octanol–water partition coefficient (Wildman–Crippen LogP) is -0.830. The molecule has 3 N–H and O–H groups in total. The van der Waals surface area contributed by atoms with Crippen LogP contribution >= 0.6 is 0 Å². The third kappa shape index (κ3) is 2.50. The highest BCUT2D eigenvalue weighted by Gasteiger charge is 2.32. The Morgan fingerprint density at radius 2 is 2.18 bits per heavy atom. The molecule has 6 nitrogen and oxygen atoms in total. The summed E-state index contributed by atoms with van der Waals surface area (Å²) in [6.45, 7) is 3.16. The standard InChI is InChI=1S/C11H22N6/c1-15-6-7-16(2)9(8-15)10(14-12)11-13-4-5-17(11)3/h4-5,9-10,14H,6-8,12H2,1-3H3. The monoisotopic (exact) mass is 238 g/mol. The number of hydrazine groups is 1. The van der Waals surface area contributed by atoms with E-state index >= 15 is 0 Å². The largest absolute Gasteiger partial charge is 0.337 e. The van der Waals surface area contributed by atoms with Crippen LogP contribution in [-0.2, 0) is 7.05 Å². The van der Waals surface area contributed by atoms with Crippen molar-refractivity contribution in [3.8, 4) is 0 Å². The lowest BCUT2D eigenvalue weighted by Gasteiger charge is -2.41. The number of aromatic nitrogens is 2. The molecule has 17 heavy (non-hydrogen) atoms. The minimum absolute atomic E-state index is 0.0581. The molecule has 1 aliphatic heterocycles. The first-order chi connectivity index (χ1) is 8.13. The smallest absolute Gasteiger partial charge is 0.128 e. The van der Waals surface area contributed by atoms with Gasteiger partial charge >= 0.3 is 0 Å². The number of piperazine rings is 1. The Labute approximate surface area is 102 Å². The zero-order valence-electron chi connectivity index (χ0n) is 10.8. The van der Waals surface area contributed by atoms with Gasteiger partial charge in [-0.05, 0) is 14.1 Å². The van der Waals surface area contributed by atoms with Crippen molar-refractivity contribution in [2.75, 3.05) is 33.7 Å². The Bertz CT molecular complexity index is 363. The van der Waals surface area contributed by atoms with Crippen molar-refractivity contribution in [1.82, 2.24) is 24.8 Å². The van der Waals surface area contributed by atoms with Crippen molar-refractivity contribution in [2.45, 2.75) is 12.1 Å². The van der Waals surface area contributed by atoms with Crippen molar-refractivity contribution in [1.29, 1.82) is 0 Å². The molecule has 2 heterocycles. The zero-order valence-corrected chi connectivity index (χ0v) is 10.8. The van der Waals surface area contributed by atoms with E-state index in [1.165, 1.54) is 0 Å². The lowest BCUT2D eigenvalue weighted by Crippen LogP contribution is -2.56. The zero-order chi connectivity index (χ0) is 12.4. The summed E-state index contributed by atoms with van der Waals surface area (Å²) in [5.41, 5.74) is 2.91. The molecule has 2 atom stereocenters. The highest BCUT2D eigenvalue weighted by atomic mass is 15.3. The summed E-state index contributed by atoms with van der Waals surface area (Å²) < 4.78 is 2.02. The molecule has 1 aliphatic rings. The van der Waals surface area contributed by atoms with E-state index in [1.807, 2.05) is 24.0 Å². The fourth-order valence-electron chi connectivity index (χ4n) is 2.44. The summed E-state index contributed by atoms with van der Waals surface area (Å²) in [6.07, 6.45) is 3.76. The molecule has 96 valence electrons. The van der Waals surface area contributed by atoms with E-state index in [1.54, 1.807) is 0 Å². The van der Waals surface area contributed by atoms with E-state index in [9.17, 15) is 0 Å². The quantitative estimate of drug-likeness (QED) is 0.532. The lowest BCUT2D eigenvalue weighted by molar-refractivity contribution is 0.0846. The van der Waals surface area contributed by atoms with E-state index < -0.39 is 0 Å². The maximum absolute atomic E-state index is 5.72.